The Morgan fingerprint density at radius 3 is 2.63 bits per heavy atom. The molecule has 0 fully saturated rings. The van der Waals surface area contributed by atoms with Crippen LogP contribution in [0.15, 0.2) is 72.8 Å². The van der Waals surface area contributed by atoms with E-state index in [9.17, 15) is 9.90 Å². The Balaban J connectivity index is 1.67. The summed E-state index contributed by atoms with van der Waals surface area (Å²) in [6.45, 7) is 1.89. The minimum atomic E-state index is -0.209. The molecule has 134 valence electrons. The summed E-state index contributed by atoms with van der Waals surface area (Å²) in [5.74, 6) is 0.656. The number of rotatable bonds is 4. The van der Waals surface area contributed by atoms with Crippen LogP contribution in [0, 0.1) is 6.92 Å². The molecule has 4 rings (SSSR count). The first kappa shape index (κ1) is 17.0. The first-order chi connectivity index (χ1) is 13.2. The zero-order chi connectivity index (χ0) is 18.8. The maximum absolute atomic E-state index is 12.6. The highest BCUT2D eigenvalue weighted by Crippen LogP contribution is 2.23. The third-order valence-electron chi connectivity index (χ3n) is 4.47. The van der Waals surface area contributed by atoms with Crippen molar-refractivity contribution in [1.82, 2.24) is 9.55 Å². The maximum Gasteiger partial charge on any atom is 0.255 e. The van der Waals surface area contributed by atoms with Gasteiger partial charge in [0.2, 0.25) is 0 Å². The number of aromatic nitrogens is 2. The highest BCUT2D eigenvalue weighted by molar-refractivity contribution is 6.06. The van der Waals surface area contributed by atoms with Crippen LogP contribution in [0.25, 0.3) is 16.7 Å². The van der Waals surface area contributed by atoms with Gasteiger partial charge in [0.05, 0.1) is 17.6 Å². The lowest BCUT2D eigenvalue weighted by molar-refractivity contribution is 0.102. The average Bonchev–Trinajstić information content (AvgIpc) is 3.03. The number of amides is 1. The number of imidazole rings is 1. The summed E-state index contributed by atoms with van der Waals surface area (Å²) < 4.78 is 2.07. The van der Waals surface area contributed by atoms with Gasteiger partial charge >= 0.3 is 0 Å². The van der Waals surface area contributed by atoms with Crippen molar-refractivity contribution in [2.75, 3.05) is 5.32 Å². The van der Waals surface area contributed by atoms with E-state index in [4.69, 9.17) is 0 Å². The molecule has 1 amide bonds. The van der Waals surface area contributed by atoms with E-state index < -0.39 is 0 Å². The Bertz CT molecular complexity index is 1120. The number of benzene rings is 3. The van der Waals surface area contributed by atoms with Crippen LogP contribution in [-0.4, -0.2) is 20.6 Å². The SMILES string of the molecule is Cc1nc2cc(C(=O)Nc3cccc(CO)c3)ccc2n1-c1ccccc1. The van der Waals surface area contributed by atoms with E-state index in [2.05, 4.69) is 14.9 Å². The molecule has 3 aromatic carbocycles. The molecule has 2 N–H and O–H groups in total. The zero-order valence-corrected chi connectivity index (χ0v) is 14.9. The quantitative estimate of drug-likeness (QED) is 0.578. The summed E-state index contributed by atoms with van der Waals surface area (Å²) in [5, 5.41) is 12.1. The lowest BCUT2D eigenvalue weighted by atomic mass is 10.1. The molecule has 0 aliphatic heterocycles. The van der Waals surface area contributed by atoms with Gasteiger partial charge in [-0.05, 0) is 55.0 Å². The highest BCUT2D eigenvalue weighted by atomic mass is 16.3. The van der Waals surface area contributed by atoms with E-state index in [1.807, 2.05) is 43.3 Å². The van der Waals surface area contributed by atoms with Crippen molar-refractivity contribution in [1.29, 1.82) is 0 Å². The number of aliphatic hydroxyl groups is 1. The van der Waals surface area contributed by atoms with E-state index in [0.717, 1.165) is 28.1 Å². The van der Waals surface area contributed by atoms with Crippen LogP contribution in [0.1, 0.15) is 21.7 Å². The largest absolute Gasteiger partial charge is 0.392 e. The van der Waals surface area contributed by atoms with Crippen molar-refractivity contribution >= 4 is 22.6 Å². The van der Waals surface area contributed by atoms with Gasteiger partial charge in [-0.3, -0.25) is 9.36 Å². The van der Waals surface area contributed by atoms with Crippen molar-refractivity contribution in [3.8, 4) is 5.69 Å². The summed E-state index contributed by atoms with van der Waals surface area (Å²) in [7, 11) is 0. The second-order valence-corrected chi connectivity index (χ2v) is 6.35. The number of para-hydroxylation sites is 1. The summed E-state index contributed by atoms with van der Waals surface area (Å²) in [6, 6.07) is 22.7. The number of carbonyl (C=O) groups excluding carboxylic acids is 1. The van der Waals surface area contributed by atoms with Gasteiger partial charge in [0.25, 0.3) is 5.91 Å². The van der Waals surface area contributed by atoms with Gasteiger partial charge in [0, 0.05) is 16.9 Å². The Kier molecular flexibility index (Phi) is 4.44. The maximum atomic E-state index is 12.6. The summed E-state index contributed by atoms with van der Waals surface area (Å²) >= 11 is 0. The van der Waals surface area contributed by atoms with Crippen LogP contribution in [0.5, 0.6) is 0 Å². The molecule has 5 nitrogen and oxygen atoms in total. The molecule has 0 aliphatic carbocycles. The molecule has 0 atom stereocenters. The van der Waals surface area contributed by atoms with Crippen LogP contribution >= 0.6 is 0 Å². The van der Waals surface area contributed by atoms with Gasteiger partial charge in [-0.25, -0.2) is 4.98 Å². The molecule has 0 radical (unpaired) electrons. The molecule has 1 aromatic heterocycles. The summed E-state index contributed by atoms with van der Waals surface area (Å²) in [5.41, 5.74) is 4.70. The predicted octanol–water partition coefficient (Wildman–Crippen LogP) is 4.08. The fraction of sp³-hybridized carbons (Fsp3) is 0.0909. The van der Waals surface area contributed by atoms with Gasteiger partial charge in [-0.2, -0.15) is 0 Å². The second-order valence-electron chi connectivity index (χ2n) is 6.35. The fourth-order valence-electron chi connectivity index (χ4n) is 3.20. The topological polar surface area (TPSA) is 67.2 Å². The number of nitrogens with one attached hydrogen (secondary N) is 1. The molecule has 1 heterocycles. The van der Waals surface area contributed by atoms with Crippen molar-refractivity contribution in [3.05, 3.63) is 89.7 Å². The van der Waals surface area contributed by atoms with E-state index in [0.29, 0.717) is 11.3 Å². The van der Waals surface area contributed by atoms with E-state index in [-0.39, 0.29) is 12.5 Å². The third kappa shape index (κ3) is 3.32. The van der Waals surface area contributed by atoms with Crippen molar-refractivity contribution in [2.24, 2.45) is 0 Å². The molecule has 5 heteroatoms. The minimum absolute atomic E-state index is 0.0636. The molecule has 27 heavy (non-hydrogen) atoms. The molecule has 0 aliphatic rings. The minimum Gasteiger partial charge on any atom is -0.392 e. The van der Waals surface area contributed by atoms with Crippen LogP contribution in [0.4, 0.5) is 5.69 Å². The van der Waals surface area contributed by atoms with Crippen molar-refractivity contribution in [2.45, 2.75) is 13.5 Å². The first-order valence-corrected chi connectivity index (χ1v) is 8.71. The van der Waals surface area contributed by atoms with E-state index in [1.54, 1.807) is 36.4 Å². The number of carbonyl (C=O) groups is 1. The number of aliphatic hydroxyl groups excluding tert-OH is 1. The van der Waals surface area contributed by atoms with Crippen LogP contribution < -0.4 is 5.32 Å². The summed E-state index contributed by atoms with van der Waals surface area (Å²) in [4.78, 5) is 17.2. The Labute approximate surface area is 156 Å². The standard InChI is InChI=1S/C22H19N3O2/c1-15-23-20-13-17(22(27)24-18-7-5-6-16(12-18)14-26)10-11-21(20)25(15)19-8-3-2-4-9-19/h2-13,26H,14H2,1H3,(H,24,27). The number of hydrogen-bond donors (Lipinski definition) is 2. The second kappa shape index (κ2) is 7.05. The Hall–Kier alpha value is -3.44. The number of anilines is 1. The molecule has 4 aromatic rings. The van der Waals surface area contributed by atoms with Gasteiger partial charge in [-0.15, -0.1) is 0 Å². The van der Waals surface area contributed by atoms with Gasteiger partial charge in [0.15, 0.2) is 0 Å². The fourth-order valence-corrected chi connectivity index (χ4v) is 3.20. The molecule has 0 unspecified atom stereocenters. The number of fused-ring (bicyclic) bond motifs is 1. The lowest BCUT2D eigenvalue weighted by Crippen LogP contribution is -2.12. The van der Waals surface area contributed by atoms with E-state index >= 15 is 0 Å². The smallest absolute Gasteiger partial charge is 0.255 e. The molecular weight excluding hydrogens is 338 g/mol. The molecule has 0 saturated heterocycles. The number of aryl methyl sites for hydroxylation is 1. The Morgan fingerprint density at radius 2 is 1.85 bits per heavy atom. The van der Waals surface area contributed by atoms with E-state index in [1.165, 1.54) is 0 Å². The third-order valence-corrected chi connectivity index (χ3v) is 4.47. The molecule has 0 saturated carbocycles. The average molecular weight is 357 g/mol. The van der Waals surface area contributed by atoms with Gasteiger partial charge in [0.1, 0.15) is 5.82 Å². The monoisotopic (exact) mass is 357 g/mol. The van der Waals surface area contributed by atoms with Crippen LogP contribution in [-0.2, 0) is 6.61 Å². The molecular formula is C22H19N3O2. The van der Waals surface area contributed by atoms with Crippen LogP contribution in [0.2, 0.25) is 0 Å². The molecule has 0 spiro atoms. The van der Waals surface area contributed by atoms with Crippen molar-refractivity contribution < 1.29 is 9.90 Å². The highest BCUT2D eigenvalue weighted by Gasteiger charge is 2.13. The lowest BCUT2D eigenvalue weighted by Gasteiger charge is -2.08. The van der Waals surface area contributed by atoms with Gasteiger partial charge < -0.3 is 10.4 Å². The number of nitrogens with zero attached hydrogens (tertiary/aromatic N) is 2. The van der Waals surface area contributed by atoms with Gasteiger partial charge in [-0.1, -0.05) is 30.3 Å². The molecule has 0 bridgehead atoms. The normalized spacial score (nSPS) is 10.9. The van der Waals surface area contributed by atoms with Crippen molar-refractivity contribution in [3.63, 3.8) is 0 Å². The zero-order valence-electron chi connectivity index (χ0n) is 14.9. The number of hydrogen-bond acceptors (Lipinski definition) is 3. The first-order valence-electron chi connectivity index (χ1n) is 8.71. The Morgan fingerprint density at radius 1 is 1.04 bits per heavy atom. The van der Waals surface area contributed by atoms with Crippen LogP contribution in [0.3, 0.4) is 0 Å². The predicted molar refractivity (Wildman–Crippen MR) is 106 cm³/mol. The summed E-state index contributed by atoms with van der Waals surface area (Å²) in [6.07, 6.45) is 0.